The number of halogens is 1. The number of methoxy groups -OCH3 is 3. The van der Waals surface area contributed by atoms with Gasteiger partial charge in [-0.3, -0.25) is 4.79 Å². The van der Waals surface area contributed by atoms with Crippen LogP contribution < -0.4 is 19.5 Å². The number of carbonyl (C=O) groups is 1. The smallest absolute Gasteiger partial charge is 0.248 e. The first-order valence-corrected chi connectivity index (χ1v) is 8.33. The van der Waals surface area contributed by atoms with Crippen LogP contribution in [0.5, 0.6) is 17.2 Å². The zero-order chi connectivity index (χ0) is 18.4. The van der Waals surface area contributed by atoms with Crippen molar-refractivity contribution in [1.29, 1.82) is 0 Å². The lowest BCUT2D eigenvalue weighted by atomic mass is 10.1. The molecule has 0 fully saturated rings. The number of amides is 1. The van der Waals surface area contributed by atoms with E-state index in [1.54, 1.807) is 39.5 Å². The molecule has 0 aromatic heterocycles. The van der Waals surface area contributed by atoms with Crippen LogP contribution in [0.3, 0.4) is 0 Å². The second-order valence-corrected chi connectivity index (χ2v) is 6.15. The Labute approximate surface area is 155 Å². The molecule has 2 aromatic rings. The molecule has 0 bridgehead atoms. The molecule has 0 radical (unpaired) electrons. The summed E-state index contributed by atoms with van der Waals surface area (Å²) in [6, 6.07) is 9.14. The van der Waals surface area contributed by atoms with Crippen molar-refractivity contribution in [3.8, 4) is 17.2 Å². The Bertz CT molecular complexity index is 802. The van der Waals surface area contributed by atoms with Crippen LogP contribution in [0.4, 0.5) is 5.69 Å². The van der Waals surface area contributed by atoms with Gasteiger partial charge in [0.2, 0.25) is 5.91 Å². The van der Waals surface area contributed by atoms with Gasteiger partial charge in [-0.15, -0.1) is 0 Å². The summed E-state index contributed by atoms with van der Waals surface area (Å²) >= 11 is 3.40. The SMILES string of the molecule is COc1cc(OC)c(OC)cc1/C=C/C(=O)Nc1ccc(Br)cc1C. The number of aryl methyl sites for hydroxylation is 1. The minimum Gasteiger partial charge on any atom is -0.496 e. The minimum absolute atomic E-state index is 0.234. The summed E-state index contributed by atoms with van der Waals surface area (Å²) in [4.78, 5) is 12.2. The van der Waals surface area contributed by atoms with Gasteiger partial charge in [0.05, 0.1) is 21.3 Å². The van der Waals surface area contributed by atoms with Crippen LogP contribution in [0.15, 0.2) is 40.9 Å². The van der Waals surface area contributed by atoms with Crippen molar-refractivity contribution in [1.82, 2.24) is 0 Å². The van der Waals surface area contributed by atoms with Crippen LogP contribution in [0, 0.1) is 6.92 Å². The van der Waals surface area contributed by atoms with E-state index in [-0.39, 0.29) is 5.91 Å². The summed E-state index contributed by atoms with van der Waals surface area (Å²) in [6.07, 6.45) is 3.12. The van der Waals surface area contributed by atoms with Crippen molar-refractivity contribution < 1.29 is 19.0 Å². The van der Waals surface area contributed by atoms with Gasteiger partial charge in [-0.25, -0.2) is 0 Å². The fourth-order valence-electron chi connectivity index (χ4n) is 2.29. The molecule has 5 nitrogen and oxygen atoms in total. The number of hydrogen-bond donors (Lipinski definition) is 1. The highest BCUT2D eigenvalue weighted by molar-refractivity contribution is 9.10. The normalized spacial score (nSPS) is 10.6. The molecule has 0 aliphatic heterocycles. The van der Waals surface area contributed by atoms with Crippen molar-refractivity contribution in [2.45, 2.75) is 6.92 Å². The number of anilines is 1. The van der Waals surface area contributed by atoms with Crippen molar-refractivity contribution in [3.63, 3.8) is 0 Å². The van der Waals surface area contributed by atoms with Gasteiger partial charge < -0.3 is 19.5 Å². The summed E-state index contributed by atoms with van der Waals surface area (Å²) in [5.74, 6) is 1.47. The van der Waals surface area contributed by atoms with Crippen LogP contribution in [0.25, 0.3) is 6.08 Å². The highest BCUT2D eigenvalue weighted by Gasteiger charge is 2.10. The highest BCUT2D eigenvalue weighted by Crippen LogP contribution is 2.35. The Balaban J connectivity index is 2.21. The summed E-state index contributed by atoms with van der Waals surface area (Å²) in [7, 11) is 4.67. The summed E-state index contributed by atoms with van der Waals surface area (Å²) in [6.45, 7) is 1.93. The third-order valence-corrected chi connectivity index (χ3v) is 4.09. The van der Waals surface area contributed by atoms with Crippen molar-refractivity contribution >= 4 is 33.6 Å². The molecule has 0 saturated heterocycles. The maximum absolute atomic E-state index is 12.2. The number of ether oxygens (including phenoxy) is 3. The zero-order valence-corrected chi connectivity index (χ0v) is 16.1. The van der Waals surface area contributed by atoms with E-state index in [4.69, 9.17) is 14.2 Å². The fraction of sp³-hybridized carbons (Fsp3) is 0.211. The second kappa shape index (κ2) is 8.58. The number of benzene rings is 2. The molecule has 0 saturated carbocycles. The average molecular weight is 406 g/mol. The van der Waals surface area contributed by atoms with Crippen LogP contribution in [-0.2, 0) is 4.79 Å². The quantitative estimate of drug-likeness (QED) is 0.721. The van der Waals surface area contributed by atoms with Crippen LogP contribution in [-0.4, -0.2) is 27.2 Å². The number of nitrogens with one attached hydrogen (secondary N) is 1. The average Bonchev–Trinajstić information content (AvgIpc) is 2.61. The van der Waals surface area contributed by atoms with E-state index in [1.165, 1.54) is 6.08 Å². The predicted octanol–water partition coefficient (Wildman–Crippen LogP) is 4.44. The van der Waals surface area contributed by atoms with Crippen LogP contribution >= 0.6 is 15.9 Å². The molecule has 0 aliphatic carbocycles. The predicted molar refractivity (Wildman–Crippen MR) is 103 cm³/mol. The Morgan fingerprint density at radius 3 is 2.24 bits per heavy atom. The second-order valence-electron chi connectivity index (χ2n) is 5.23. The third-order valence-electron chi connectivity index (χ3n) is 3.60. The maximum Gasteiger partial charge on any atom is 0.248 e. The first kappa shape index (κ1) is 18.9. The number of hydrogen-bond acceptors (Lipinski definition) is 4. The topological polar surface area (TPSA) is 56.8 Å². The monoisotopic (exact) mass is 405 g/mol. The molecule has 1 N–H and O–H groups in total. The molecule has 0 spiro atoms. The molecule has 2 aromatic carbocycles. The summed E-state index contributed by atoms with van der Waals surface area (Å²) in [5.41, 5.74) is 2.44. The lowest BCUT2D eigenvalue weighted by molar-refractivity contribution is -0.111. The Morgan fingerprint density at radius 2 is 1.64 bits per heavy atom. The first-order chi connectivity index (χ1) is 12.0. The van der Waals surface area contributed by atoms with Gasteiger partial charge in [0.15, 0.2) is 11.5 Å². The Kier molecular flexibility index (Phi) is 6.47. The molecular formula is C19H20BrNO4. The van der Waals surface area contributed by atoms with Crippen LogP contribution in [0.2, 0.25) is 0 Å². The van der Waals surface area contributed by atoms with Gasteiger partial charge in [0.1, 0.15) is 5.75 Å². The van der Waals surface area contributed by atoms with Gasteiger partial charge in [-0.1, -0.05) is 15.9 Å². The molecule has 132 valence electrons. The molecule has 0 unspecified atom stereocenters. The molecular weight excluding hydrogens is 386 g/mol. The van der Waals surface area contributed by atoms with Crippen LogP contribution in [0.1, 0.15) is 11.1 Å². The summed E-state index contributed by atoms with van der Waals surface area (Å²) in [5, 5.41) is 2.85. The van der Waals surface area contributed by atoms with Crippen molar-refractivity contribution in [3.05, 3.63) is 52.0 Å². The van der Waals surface area contributed by atoms with Gasteiger partial charge in [0, 0.05) is 27.9 Å². The molecule has 0 heterocycles. The van der Waals surface area contributed by atoms with E-state index >= 15 is 0 Å². The Hall–Kier alpha value is -2.47. The lowest BCUT2D eigenvalue weighted by Crippen LogP contribution is -2.08. The molecule has 0 aliphatic rings. The van der Waals surface area contributed by atoms with E-state index in [9.17, 15) is 4.79 Å². The third kappa shape index (κ3) is 4.76. The van der Waals surface area contributed by atoms with E-state index < -0.39 is 0 Å². The van der Waals surface area contributed by atoms with E-state index in [0.29, 0.717) is 22.8 Å². The van der Waals surface area contributed by atoms with E-state index in [2.05, 4.69) is 21.2 Å². The zero-order valence-electron chi connectivity index (χ0n) is 14.6. The van der Waals surface area contributed by atoms with Gasteiger partial charge in [-0.2, -0.15) is 0 Å². The van der Waals surface area contributed by atoms with Gasteiger partial charge in [0.25, 0.3) is 0 Å². The van der Waals surface area contributed by atoms with Gasteiger partial charge >= 0.3 is 0 Å². The van der Waals surface area contributed by atoms with Crippen molar-refractivity contribution in [2.75, 3.05) is 26.6 Å². The molecule has 6 heteroatoms. The molecule has 0 atom stereocenters. The first-order valence-electron chi connectivity index (χ1n) is 7.53. The van der Waals surface area contributed by atoms with Gasteiger partial charge in [-0.05, 0) is 42.8 Å². The largest absolute Gasteiger partial charge is 0.496 e. The molecule has 25 heavy (non-hydrogen) atoms. The van der Waals surface area contributed by atoms with Crippen molar-refractivity contribution in [2.24, 2.45) is 0 Å². The summed E-state index contributed by atoms with van der Waals surface area (Å²) < 4.78 is 16.8. The maximum atomic E-state index is 12.2. The molecule has 2 rings (SSSR count). The number of rotatable bonds is 6. The number of carbonyl (C=O) groups excluding carboxylic acids is 1. The fourth-order valence-corrected chi connectivity index (χ4v) is 2.77. The van der Waals surface area contributed by atoms with E-state index in [0.717, 1.165) is 15.7 Å². The lowest BCUT2D eigenvalue weighted by Gasteiger charge is -2.12. The van der Waals surface area contributed by atoms with E-state index in [1.807, 2.05) is 25.1 Å². The minimum atomic E-state index is -0.234. The Morgan fingerprint density at radius 1 is 1.00 bits per heavy atom. The highest BCUT2D eigenvalue weighted by atomic mass is 79.9. The standard InChI is InChI=1S/C19H20BrNO4/c1-12-9-14(20)6-7-15(12)21-19(22)8-5-13-10-17(24-3)18(25-4)11-16(13)23-2/h5-11H,1-4H3,(H,21,22)/b8-5+. The molecule has 1 amide bonds.